The minimum atomic E-state index is 0.141. The monoisotopic (exact) mass is 222 g/mol. The molecule has 2 aromatic rings. The second-order valence-corrected chi connectivity index (χ2v) is 4.35. The van der Waals surface area contributed by atoms with E-state index in [0.717, 1.165) is 10.5 Å². The lowest BCUT2D eigenvalue weighted by molar-refractivity contribution is 0.0285. The number of nitrogens with zero attached hydrogens (tertiary/aromatic N) is 1. The van der Waals surface area contributed by atoms with Crippen LogP contribution >= 0.6 is 11.3 Å². The number of fused-ring (bicyclic) bond motifs is 1. The molecular formula is C11H14N2OS. The van der Waals surface area contributed by atoms with Gasteiger partial charge in [-0.15, -0.1) is 11.3 Å². The Hall–Kier alpha value is -0.970. The summed E-state index contributed by atoms with van der Waals surface area (Å²) in [6.07, 6.45) is 0. The molecule has 1 aromatic heterocycles. The second kappa shape index (κ2) is 4.70. The largest absolute Gasteiger partial charge is 0.301 e. The van der Waals surface area contributed by atoms with Crippen molar-refractivity contribution in [2.45, 2.75) is 19.9 Å². The van der Waals surface area contributed by atoms with Crippen LogP contribution in [0.25, 0.3) is 10.2 Å². The SMILES string of the molecule is CCONC(C)c1nc2ccccc2s1. The van der Waals surface area contributed by atoms with Gasteiger partial charge in [0.25, 0.3) is 0 Å². The van der Waals surface area contributed by atoms with Crippen LogP contribution in [0.3, 0.4) is 0 Å². The fourth-order valence-corrected chi connectivity index (χ4v) is 2.29. The number of para-hydroxylation sites is 1. The number of nitrogens with one attached hydrogen (secondary N) is 1. The Bertz CT molecular complexity index is 408. The molecule has 1 N–H and O–H groups in total. The van der Waals surface area contributed by atoms with Crippen molar-refractivity contribution in [2.24, 2.45) is 0 Å². The van der Waals surface area contributed by atoms with Gasteiger partial charge in [-0.25, -0.2) is 4.98 Å². The molecule has 0 radical (unpaired) electrons. The van der Waals surface area contributed by atoms with Crippen LogP contribution < -0.4 is 5.48 Å². The van der Waals surface area contributed by atoms with E-state index in [0.29, 0.717) is 6.61 Å². The molecule has 0 bridgehead atoms. The first-order chi connectivity index (χ1) is 7.31. The molecule has 1 aromatic carbocycles. The van der Waals surface area contributed by atoms with E-state index in [9.17, 15) is 0 Å². The van der Waals surface area contributed by atoms with Crippen LogP contribution in [0.4, 0.5) is 0 Å². The van der Waals surface area contributed by atoms with Crippen LogP contribution in [0, 0.1) is 0 Å². The Labute approximate surface area is 93.1 Å². The quantitative estimate of drug-likeness (QED) is 0.808. The van der Waals surface area contributed by atoms with Crippen molar-refractivity contribution in [3.8, 4) is 0 Å². The van der Waals surface area contributed by atoms with Gasteiger partial charge in [0.2, 0.25) is 0 Å². The molecule has 0 saturated heterocycles. The second-order valence-electron chi connectivity index (χ2n) is 3.29. The summed E-state index contributed by atoms with van der Waals surface area (Å²) in [6, 6.07) is 8.30. The Morgan fingerprint density at radius 3 is 3.00 bits per heavy atom. The predicted molar refractivity (Wildman–Crippen MR) is 62.8 cm³/mol. The predicted octanol–water partition coefficient (Wildman–Crippen LogP) is 2.90. The average molecular weight is 222 g/mol. The molecule has 1 heterocycles. The fourth-order valence-electron chi connectivity index (χ4n) is 1.33. The third kappa shape index (κ3) is 2.34. The van der Waals surface area contributed by atoms with Gasteiger partial charge >= 0.3 is 0 Å². The molecule has 2 rings (SSSR count). The highest BCUT2D eigenvalue weighted by Crippen LogP contribution is 2.25. The molecule has 0 spiro atoms. The molecule has 0 aliphatic rings. The van der Waals surface area contributed by atoms with Crippen LogP contribution in [0.1, 0.15) is 24.9 Å². The van der Waals surface area contributed by atoms with Crippen LogP contribution in [0.5, 0.6) is 0 Å². The average Bonchev–Trinajstić information content (AvgIpc) is 2.69. The van der Waals surface area contributed by atoms with E-state index < -0.39 is 0 Å². The van der Waals surface area contributed by atoms with Gasteiger partial charge in [-0.2, -0.15) is 5.48 Å². The summed E-state index contributed by atoms with van der Waals surface area (Å²) in [7, 11) is 0. The Morgan fingerprint density at radius 2 is 2.27 bits per heavy atom. The molecule has 0 amide bonds. The zero-order chi connectivity index (χ0) is 10.7. The van der Waals surface area contributed by atoms with Gasteiger partial charge in [0.1, 0.15) is 5.01 Å². The van der Waals surface area contributed by atoms with Gasteiger partial charge in [-0.1, -0.05) is 12.1 Å². The van der Waals surface area contributed by atoms with Crippen molar-refractivity contribution in [1.29, 1.82) is 0 Å². The topological polar surface area (TPSA) is 34.1 Å². The first-order valence-corrected chi connectivity index (χ1v) is 5.85. The zero-order valence-corrected chi connectivity index (χ0v) is 9.67. The number of benzene rings is 1. The first-order valence-electron chi connectivity index (χ1n) is 5.04. The highest BCUT2D eigenvalue weighted by atomic mass is 32.1. The lowest BCUT2D eigenvalue weighted by atomic mass is 10.3. The third-order valence-electron chi connectivity index (χ3n) is 2.09. The lowest BCUT2D eigenvalue weighted by Crippen LogP contribution is -2.18. The highest BCUT2D eigenvalue weighted by molar-refractivity contribution is 7.18. The van der Waals surface area contributed by atoms with E-state index in [1.165, 1.54) is 4.70 Å². The van der Waals surface area contributed by atoms with Crippen molar-refractivity contribution >= 4 is 21.6 Å². The van der Waals surface area contributed by atoms with E-state index in [4.69, 9.17) is 4.84 Å². The van der Waals surface area contributed by atoms with Gasteiger partial charge in [-0.3, -0.25) is 0 Å². The maximum Gasteiger partial charge on any atom is 0.113 e. The first kappa shape index (κ1) is 10.5. The molecule has 0 aliphatic carbocycles. The Kier molecular flexibility index (Phi) is 3.30. The minimum absolute atomic E-state index is 0.141. The van der Waals surface area contributed by atoms with E-state index in [1.807, 2.05) is 32.0 Å². The van der Waals surface area contributed by atoms with Gasteiger partial charge in [0, 0.05) is 0 Å². The number of rotatable bonds is 4. The summed E-state index contributed by atoms with van der Waals surface area (Å²) in [5.41, 5.74) is 4.02. The normalized spacial score (nSPS) is 13.2. The van der Waals surface area contributed by atoms with Crippen molar-refractivity contribution in [2.75, 3.05) is 6.61 Å². The Balaban J connectivity index is 2.20. The van der Waals surface area contributed by atoms with Gasteiger partial charge in [0.15, 0.2) is 0 Å². The number of aromatic nitrogens is 1. The smallest absolute Gasteiger partial charge is 0.113 e. The standard InChI is InChI=1S/C11H14N2OS/c1-3-14-13-8(2)11-12-9-6-4-5-7-10(9)15-11/h4-8,13H,3H2,1-2H3. The summed E-state index contributed by atoms with van der Waals surface area (Å²) in [5.74, 6) is 0. The molecule has 0 fully saturated rings. The van der Waals surface area contributed by atoms with Crippen molar-refractivity contribution in [3.05, 3.63) is 29.3 Å². The molecule has 1 atom stereocenters. The van der Waals surface area contributed by atoms with Crippen molar-refractivity contribution in [1.82, 2.24) is 10.5 Å². The van der Waals surface area contributed by atoms with E-state index in [-0.39, 0.29) is 6.04 Å². The van der Waals surface area contributed by atoms with Crippen molar-refractivity contribution < 1.29 is 4.84 Å². The molecule has 0 saturated carbocycles. The van der Waals surface area contributed by atoms with E-state index >= 15 is 0 Å². The van der Waals surface area contributed by atoms with Crippen LogP contribution in [0.15, 0.2) is 24.3 Å². The maximum atomic E-state index is 5.16. The molecule has 80 valence electrons. The highest BCUT2D eigenvalue weighted by Gasteiger charge is 2.10. The van der Waals surface area contributed by atoms with Gasteiger partial charge in [-0.05, 0) is 26.0 Å². The number of hydrogen-bond acceptors (Lipinski definition) is 4. The van der Waals surface area contributed by atoms with E-state index in [2.05, 4.69) is 16.5 Å². The fraction of sp³-hybridized carbons (Fsp3) is 0.364. The van der Waals surface area contributed by atoms with Gasteiger partial charge in [0.05, 0.1) is 22.9 Å². The number of thiazole rings is 1. The molecule has 1 unspecified atom stereocenters. The summed E-state index contributed by atoms with van der Waals surface area (Å²) in [6.45, 7) is 4.67. The van der Waals surface area contributed by atoms with Crippen molar-refractivity contribution in [3.63, 3.8) is 0 Å². The molecule has 3 nitrogen and oxygen atoms in total. The third-order valence-corrected chi connectivity index (χ3v) is 3.30. The van der Waals surface area contributed by atoms with Gasteiger partial charge < -0.3 is 4.84 Å². The number of hydroxylamine groups is 1. The summed E-state index contributed by atoms with van der Waals surface area (Å²) >= 11 is 1.70. The molecular weight excluding hydrogens is 208 g/mol. The maximum absolute atomic E-state index is 5.16. The zero-order valence-electron chi connectivity index (χ0n) is 8.86. The van der Waals surface area contributed by atoms with Crippen LogP contribution in [-0.4, -0.2) is 11.6 Å². The molecule has 0 aliphatic heterocycles. The summed E-state index contributed by atoms with van der Waals surface area (Å²) in [4.78, 5) is 9.70. The molecule has 4 heteroatoms. The van der Waals surface area contributed by atoms with E-state index in [1.54, 1.807) is 11.3 Å². The number of hydrogen-bond donors (Lipinski definition) is 1. The minimum Gasteiger partial charge on any atom is -0.301 e. The summed E-state index contributed by atoms with van der Waals surface area (Å²) < 4.78 is 1.22. The molecule has 15 heavy (non-hydrogen) atoms. The Morgan fingerprint density at radius 1 is 1.47 bits per heavy atom. The van der Waals surface area contributed by atoms with Crippen LogP contribution in [-0.2, 0) is 4.84 Å². The lowest BCUT2D eigenvalue weighted by Gasteiger charge is -2.08. The summed E-state index contributed by atoms with van der Waals surface area (Å²) in [5, 5.41) is 1.06. The van der Waals surface area contributed by atoms with Crippen LogP contribution in [0.2, 0.25) is 0 Å².